The van der Waals surface area contributed by atoms with Gasteiger partial charge in [-0.3, -0.25) is 0 Å². The number of rotatable bonds is 4. The van der Waals surface area contributed by atoms with Crippen LogP contribution in [0.4, 0.5) is 0 Å². The van der Waals surface area contributed by atoms with Gasteiger partial charge >= 0.3 is 0 Å². The van der Waals surface area contributed by atoms with Crippen LogP contribution < -0.4 is 0 Å². The first-order valence-electron chi connectivity index (χ1n) is 8.09. The first kappa shape index (κ1) is 17.3. The van der Waals surface area contributed by atoms with E-state index in [9.17, 15) is 0 Å². The molecule has 3 aromatic carbocycles. The Hall–Kier alpha value is -2.07. The number of thioether (sulfide) groups is 1. The largest absolute Gasteiger partial charge is 0.149 e. The fourth-order valence-corrected chi connectivity index (χ4v) is 3.76. The highest BCUT2D eigenvalue weighted by Gasteiger charge is 2.05. The van der Waals surface area contributed by atoms with Crippen molar-refractivity contribution in [2.75, 3.05) is 0 Å². The molecule has 1 heterocycles. The maximum atomic E-state index is 6.06. The standard InChI is InChI=1S/C21H14Cl2N2S/c22-18-8-5-14(11-19(18)23)13-26-21-10-9-20(24-25-21)17-7-6-15-3-1-2-4-16(15)12-17/h1-12H,13H2. The molecule has 0 aliphatic carbocycles. The van der Waals surface area contributed by atoms with E-state index in [4.69, 9.17) is 23.2 Å². The SMILES string of the molecule is Clc1ccc(CSc2ccc(-c3ccc4ccccc4c3)nn2)cc1Cl. The van der Waals surface area contributed by atoms with E-state index in [1.807, 2.05) is 42.5 Å². The van der Waals surface area contributed by atoms with E-state index < -0.39 is 0 Å². The molecule has 4 rings (SSSR count). The Kier molecular flexibility index (Phi) is 5.11. The van der Waals surface area contributed by atoms with Gasteiger partial charge in [-0.1, -0.05) is 77.4 Å². The fourth-order valence-electron chi connectivity index (χ4n) is 2.69. The second kappa shape index (κ2) is 7.67. The summed E-state index contributed by atoms with van der Waals surface area (Å²) in [5, 5.41) is 13.2. The van der Waals surface area contributed by atoms with E-state index in [1.54, 1.807) is 11.8 Å². The van der Waals surface area contributed by atoms with Crippen LogP contribution in [0.25, 0.3) is 22.0 Å². The van der Waals surface area contributed by atoms with E-state index in [1.165, 1.54) is 10.8 Å². The molecule has 0 radical (unpaired) electrons. The molecule has 0 spiro atoms. The predicted octanol–water partition coefficient (Wildman–Crippen LogP) is 6.90. The molecule has 0 bridgehead atoms. The molecule has 1 aromatic heterocycles. The molecule has 0 fully saturated rings. The van der Waals surface area contributed by atoms with Crippen LogP contribution in [0.2, 0.25) is 10.0 Å². The summed E-state index contributed by atoms with van der Waals surface area (Å²) in [5.74, 6) is 0.765. The van der Waals surface area contributed by atoms with Crippen molar-refractivity contribution in [3.8, 4) is 11.3 Å². The lowest BCUT2D eigenvalue weighted by Crippen LogP contribution is -1.90. The fraction of sp³-hybridized carbons (Fsp3) is 0.0476. The van der Waals surface area contributed by atoms with E-state index >= 15 is 0 Å². The van der Waals surface area contributed by atoms with Gasteiger partial charge in [-0.25, -0.2) is 0 Å². The summed E-state index contributed by atoms with van der Waals surface area (Å²) in [6.07, 6.45) is 0. The minimum Gasteiger partial charge on any atom is -0.149 e. The topological polar surface area (TPSA) is 25.8 Å². The zero-order valence-corrected chi connectivity index (χ0v) is 16.0. The van der Waals surface area contributed by atoms with Crippen LogP contribution in [0.3, 0.4) is 0 Å². The zero-order valence-electron chi connectivity index (χ0n) is 13.7. The molecule has 5 heteroatoms. The first-order valence-corrected chi connectivity index (χ1v) is 9.83. The molecule has 128 valence electrons. The molecular formula is C21H14Cl2N2S. The maximum absolute atomic E-state index is 6.06. The van der Waals surface area contributed by atoms with Gasteiger partial charge < -0.3 is 0 Å². The second-order valence-electron chi connectivity index (χ2n) is 5.86. The molecule has 0 aliphatic heterocycles. The maximum Gasteiger partial charge on any atom is 0.119 e. The second-order valence-corrected chi connectivity index (χ2v) is 7.67. The average molecular weight is 397 g/mol. The van der Waals surface area contributed by atoms with Crippen molar-refractivity contribution in [3.63, 3.8) is 0 Å². The summed E-state index contributed by atoms with van der Waals surface area (Å²) in [4.78, 5) is 0. The third-order valence-electron chi connectivity index (χ3n) is 4.06. The van der Waals surface area contributed by atoms with E-state index in [0.29, 0.717) is 10.0 Å². The van der Waals surface area contributed by atoms with E-state index in [0.717, 1.165) is 27.6 Å². The van der Waals surface area contributed by atoms with Gasteiger partial charge in [0.05, 0.1) is 15.7 Å². The minimum atomic E-state index is 0.569. The predicted molar refractivity (Wildman–Crippen MR) is 111 cm³/mol. The van der Waals surface area contributed by atoms with Gasteiger partial charge in [0, 0.05) is 11.3 Å². The molecule has 2 nitrogen and oxygen atoms in total. The van der Waals surface area contributed by atoms with Crippen LogP contribution in [-0.4, -0.2) is 10.2 Å². The Morgan fingerprint density at radius 2 is 1.58 bits per heavy atom. The zero-order chi connectivity index (χ0) is 17.9. The Balaban J connectivity index is 1.49. The summed E-state index contributed by atoms with van der Waals surface area (Å²) >= 11 is 13.6. The van der Waals surface area contributed by atoms with Crippen LogP contribution in [-0.2, 0) is 5.75 Å². The van der Waals surface area contributed by atoms with Crippen molar-refractivity contribution in [1.29, 1.82) is 0 Å². The quantitative estimate of drug-likeness (QED) is 0.351. The van der Waals surface area contributed by atoms with E-state index in [-0.39, 0.29) is 0 Å². The van der Waals surface area contributed by atoms with Crippen molar-refractivity contribution >= 4 is 45.7 Å². The Labute approximate surface area is 166 Å². The van der Waals surface area contributed by atoms with Crippen LogP contribution >= 0.6 is 35.0 Å². The molecule has 0 N–H and O–H groups in total. The van der Waals surface area contributed by atoms with Crippen molar-refractivity contribution in [3.05, 3.63) is 88.4 Å². The summed E-state index contributed by atoms with van der Waals surface area (Å²) in [6, 6.07) is 24.3. The summed E-state index contributed by atoms with van der Waals surface area (Å²) in [5.41, 5.74) is 3.04. The lowest BCUT2D eigenvalue weighted by atomic mass is 10.1. The molecule has 0 atom stereocenters. The molecule has 0 unspecified atom stereocenters. The number of hydrogen-bond acceptors (Lipinski definition) is 3. The van der Waals surface area contributed by atoms with Gasteiger partial charge in [-0.2, -0.15) is 0 Å². The lowest BCUT2D eigenvalue weighted by molar-refractivity contribution is 0.935. The number of fused-ring (bicyclic) bond motifs is 1. The van der Waals surface area contributed by atoms with Crippen LogP contribution in [0.15, 0.2) is 77.8 Å². The lowest BCUT2D eigenvalue weighted by Gasteiger charge is -2.05. The number of halogens is 2. The number of nitrogens with zero attached hydrogens (tertiary/aromatic N) is 2. The third kappa shape index (κ3) is 3.85. The summed E-state index contributed by atoms with van der Waals surface area (Å²) in [6.45, 7) is 0. The molecule has 4 aromatic rings. The van der Waals surface area contributed by atoms with Crippen molar-refractivity contribution < 1.29 is 0 Å². The smallest absolute Gasteiger partial charge is 0.119 e. The van der Waals surface area contributed by atoms with Gasteiger partial charge in [0.15, 0.2) is 0 Å². The monoisotopic (exact) mass is 396 g/mol. The van der Waals surface area contributed by atoms with Crippen molar-refractivity contribution in [2.24, 2.45) is 0 Å². The van der Waals surface area contributed by atoms with Gasteiger partial charge in [0.2, 0.25) is 0 Å². The van der Waals surface area contributed by atoms with Crippen molar-refractivity contribution in [2.45, 2.75) is 10.8 Å². The van der Waals surface area contributed by atoms with E-state index in [2.05, 4.69) is 40.5 Å². The summed E-state index contributed by atoms with van der Waals surface area (Å²) < 4.78 is 0. The highest BCUT2D eigenvalue weighted by molar-refractivity contribution is 7.98. The van der Waals surface area contributed by atoms with Gasteiger partial charge in [-0.15, -0.1) is 10.2 Å². The minimum absolute atomic E-state index is 0.569. The van der Waals surface area contributed by atoms with Gasteiger partial charge in [0.1, 0.15) is 5.03 Å². The van der Waals surface area contributed by atoms with Crippen molar-refractivity contribution in [1.82, 2.24) is 10.2 Å². The highest BCUT2D eigenvalue weighted by atomic mass is 35.5. The Morgan fingerprint density at radius 3 is 2.35 bits per heavy atom. The number of benzene rings is 3. The Morgan fingerprint density at radius 1 is 0.731 bits per heavy atom. The molecule has 26 heavy (non-hydrogen) atoms. The molecule has 0 aliphatic rings. The van der Waals surface area contributed by atoms with Crippen LogP contribution in [0, 0.1) is 0 Å². The Bertz CT molecular complexity index is 1070. The third-order valence-corrected chi connectivity index (χ3v) is 5.79. The van der Waals surface area contributed by atoms with Crippen LogP contribution in [0.5, 0.6) is 0 Å². The van der Waals surface area contributed by atoms with Gasteiger partial charge in [0.25, 0.3) is 0 Å². The summed E-state index contributed by atoms with van der Waals surface area (Å²) in [7, 11) is 0. The van der Waals surface area contributed by atoms with Gasteiger partial charge in [-0.05, 0) is 46.7 Å². The highest BCUT2D eigenvalue weighted by Crippen LogP contribution is 2.28. The first-order chi connectivity index (χ1) is 12.7. The molecule has 0 amide bonds. The van der Waals surface area contributed by atoms with Crippen LogP contribution in [0.1, 0.15) is 5.56 Å². The molecule has 0 saturated carbocycles. The number of hydrogen-bond donors (Lipinski definition) is 0. The average Bonchev–Trinajstić information content (AvgIpc) is 2.69. The number of aromatic nitrogens is 2. The molecule has 0 saturated heterocycles. The normalized spacial score (nSPS) is 11.0. The molecular weight excluding hydrogens is 383 g/mol.